The summed E-state index contributed by atoms with van der Waals surface area (Å²) in [7, 11) is -1.80. The molecule has 0 aromatic heterocycles. The largest absolute Gasteiger partial charge is 0.377 e. The molecule has 1 N–H and O–H groups in total. The Hall–Kier alpha value is -0.950. The van der Waals surface area contributed by atoms with Crippen LogP contribution in [0.25, 0.3) is 0 Å². The number of fused-ring (bicyclic) bond motifs is 1. The van der Waals surface area contributed by atoms with E-state index in [9.17, 15) is 8.42 Å². The van der Waals surface area contributed by atoms with Crippen LogP contribution < -0.4 is 5.32 Å². The Morgan fingerprint density at radius 2 is 2.10 bits per heavy atom. The standard InChI is InChI=1S/C15H22N2O3S/c1-17(11-14-4-2-3-7-20-14)21(18,19)15-6-5-12-9-16-10-13(12)8-15/h5-6,8,14,16H,2-4,7,9-11H2,1H3. The first kappa shape index (κ1) is 15.0. The summed E-state index contributed by atoms with van der Waals surface area (Å²) in [6.45, 7) is 2.73. The first-order valence-corrected chi connectivity index (χ1v) is 8.92. The van der Waals surface area contributed by atoms with Gasteiger partial charge in [0.2, 0.25) is 10.0 Å². The fourth-order valence-corrected chi connectivity index (χ4v) is 4.20. The molecular weight excluding hydrogens is 288 g/mol. The molecule has 2 heterocycles. The fourth-order valence-electron chi connectivity index (χ4n) is 2.95. The molecule has 2 aliphatic rings. The molecule has 1 saturated heterocycles. The van der Waals surface area contributed by atoms with E-state index in [2.05, 4.69) is 5.32 Å². The topological polar surface area (TPSA) is 58.6 Å². The number of nitrogens with zero attached hydrogens (tertiary/aromatic N) is 1. The van der Waals surface area contributed by atoms with Gasteiger partial charge in [-0.1, -0.05) is 6.07 Å². The molecule has 0 radical (unpaired) electrons. The first-order chi connectivity index (χ1) is 10.1. The van der Waals surface area contributed by atoms with Gasteiger partial charge in [0.1, 0.15) is 0 Å². The highest BCUT2D eigenvalue weighted by molar-refractivity contribution is 7.89. The van der Waals surface area contributed by atoms with Gasteiger partial charge in [-0.15, -0.1) is 0 Å². The van der Waals surface area contributed by atoms with E-state index in [0.29, 0.717) is 11.4 Å². The van der Waals surface area contributed by atoms with Crippen molar-refractivity contribution >= 4 is 10.0 Å². The van der Waals surface area contributed by atoms with E-state index >= 15 is 0 Å². The molecule has 0 amide bonds. The van der Waals surface area contributed by atoms with Crippen molar-refractivity contribution in [2.45, 2.75) is 43.4 Å². The minimum Gasteiger partial charge on any atom is -0.377 e. The molecule has 1 fully saturated rings. The van der Waals surface area contributed by atoms with Crippen LogP contribution in [0.4, 0.5) is 0 Å². The van der Waals surface area contributed by atoms with E-state index in [1.165, 1.54) is 9.87 Å². The van der Waals surface area contributed by atoms with Gasteiger partial charge in [0.25, 0.3) is 0 Å². The van der Waals surface area contributed by atoms with Crippen molar-refractivity contribution in [3.8, 4) is 0 Å². The van der Waals surface area contributed by atoms with E-state index in [4.69, 9.17) is 4.74 Å². The van der Waals surface area contributed by atoms with Crippen molar-refractivity contribution in [2.24, 2.45) is 0 Å². The number of hydrogen-bond donors (Lipinski definition) is 1. The number of nitrogens with one attached hydrogen (secondary N) is 1. The number of hydrogen-bond acceptors (Lipinski definition) is 4. The highest BCUT2D eigenvalue weighted by atomic mass is 32.2. The van der Waals surface area contributed by atoms with E-state index in [1.807, 2.05) is 6.07 Å². The summed E-state index contributed by atoms with van der Waals surface area (Å²) in [5.74, 6) is 0. The Kier molecular flexibility index (Phi) is 4.31. The van der Waals surface area contributed by atoms with Gasteiger partial charge < -0.3 is 10.1 Å². The molecule has 0 spiro atoms. The predicted molar refractivity (Wildman–Crippen MR) is 80.4 cm³/mol. The molecule has 0 aliphatic carbocycles. The highest BCUT2D eigenvalue weighted by Gasteiger charge is 2.26. The summed E-state index contributed by atoms with van der Waals surface area (Å²) in [4.78, 5) is 0.378. The van der Waals surface area contributed by atoms with Gasteiger partial charge >= 0.3 is 0 Å². The summed E-state index contributed by atoms with van der Waals surface area (Å²) < 4.78 is 32.4. The molecule has 1 unspecified atom stereocenters. The normalized spacial score (nSPS) is 22.5. The molecule has 116 valence electrons. The zero-order valence-electron chi connectivity index (χ0n) is 12.3. The van der Waals surface area contributed by atoms with E-state index in [0.717, 1.165) is 44.5 Å². The maximum absolute atomic E-state index is 12.7. The lowest BCUT2D eigenvalue weighted by molar-refractivity contribution is 0.00858. The molecule has 1 aromatic rings. The van der Waals surface area contributed by atoms with Crippen molar-refractivity contribution < 1.29 is 13.2 Å². The van der Waals surface area contributed by atoms with Gasteiger partial charge in [0.15, 0.2) is 0 Å². The summed E-state index contributed by atoms with van der Waals surface area (Å²) >= 11 is 0. The van der Waals surface area contributed by atoms with Crippen molar-refractivity contribution in [3.63, 3.8) is 0 Å². The van der Waals surface area contributed by atoms with Crippen LogP contribution in [0.1, 0.15) is 30.4 Å². The summed E-state index contributed by atoms with van der Waals surface area (Å²) in [6, 6.07) is 5.41. The van der Waals surface area contributed by atoms with Gasteiger partial charge in [0.05, 0.1) is 11.0 Å². The van der Waals surface area contributed by atoms with Crippen LogP contribution in [-0.2, 0) is 27.8 Å². The second kappa shape index (κ2) is 6.04. The minimum absolute atomic E-state index is 0.0228. The van der Waals surface area contributed by atoms with Crippen LogP contribution in [0, 0.1) is 0 Å². The third-order valence-corrected chi connectivity index (χ3v) is 6.07. The Morgan fingerprint density at radius 1 is 1.29 bits per heavy atom. The third-order valence-electron chi connectivity index (χ3n) is 4.25. The van der Waals surface area contributed by atoms with Crippen LogP contribution in [-0.4, -0.2) is 39.0 Å². The predicted octanol–water partition coefficient (Wildman–Crippen LogP) is 1.48. The molecule has 3 rings (SSSR count). The van der Waals surface area contributed by atoms with Crippen LogP contribution in [0.2, 0.25) is 0 Å². The second-order valence-electron chi connectivity index (χ2n) is 5.81. The molecule has 0 saturated carbocycles. The molecule has 1 atom stereocenters. The van der Waals surface area contributed by atoms with Gasteiger partial charge in [-0.05, 0) is 42.5 Å². The van der Waals surface area contributed by atoms with Crippen LogP contribution >= 0.6 is 0 Å². The summed E-state index contributed by atoms with van der Waals surface area (Å²) in [6.07, 6.45) is 3.15. The van der Waals surface area contributed by atoms with Crippen molar-refractivity contribution in [3.05, 3.63) is 29.3 Å². The number of benzene rings is 1. The summed E-state index contributed by atoms with van der Waals surface area (Å²) in [5.41, 5.74) is 2.27. The van der Waals surface area contributed by atoms with Crippen LogP contribution in [0.5, 0.6) is 0 Å². The highest BCUT2D eigenvalue weighted by Crippen LogP contribution is 2.23. The monoisotopic (exact) mass is 310 g/mol. The van der Waals surface area contributed by atoms with E-state index in [1.54, 1.807) is 19.2 Å². The Bertz CT molecular complexity index is 609. The van der Waals surface area contributed by atoms with Crippen LogP contribution in [0.15, 0.2) is 23.1 Å². The van der Waals surface area contributed by atoms with Crippen LogP contribution in [0.3, 0.4) is 0 Å². The fraction of sp³-hybridized carbons (Fsp3) is 0.600. The lowest BCUT2D eigenvalue weighted by Gasteiger charge is -2.27. The maximum atomic E-state index is 12.7. The number of ether oxygens (including phenoxy) is 1. The van der Waals surface area contributed by atoms with Gasteiger partial charge in [0, 0.05) is 33.3 Å². The van der Waals surface area contributed by atoms with Crippen molar-refractivity contribution in [2.75, 3.05) is 20.2 Å². The Balaban J connectivity index is 1.75. The SMILES string of the molecule is CN(CC1CCCCO1)S(=O)(=O)c1ccc2c(c1)CNC2. The molecular formula is C15H22N2O3S. The molecule has 1 aromatic carbocycles. The summed E-state index contributed by atoms with van der Waals surface area (Å²) in [5, 5.41) is 3.23. The molecule has 0 bridgehead atoms. The Morgan fingerprint density at radius 3 is 2.86 bits per heavy atom. The zero-order valence-corrected chi connectivity index (χ0v) is 13.2. The number of rotatable bonds is 4. The quantitative estimate of drug-likeness (QED) is 0.915. The zero-order chi connectivity index (χ0) is 14.9. The van der Waals surface area contributed by atoms with Gasteiger partial charge in [-0.25, -0.2) is 8.42 Å². The van der Waals surface area contributed by atoms with Crippen molar-refractivity contribution in [1.29, 1.82) is 0 Å². The maximum Gasteiger partial charge on any atom is 0.242 e. The van der Waals surface area contributed by atoms with Crippen molar-refractivity contribution in [1.82, 2.24) is 9.62 Å². The van der Waals surface area contributed by atoms with Gasteiger partial charge in [-0.3, -0.25) is 0 Å². The van der Waals surface area contributed by atoms with E-state index < -0.39 is 10.0 Å². The first-order valence-electron chi connectivity index (χ1n) is 7.48. The lowest BCUT2D eigenvalue weighted by Crippen LogP contribution is -2.37. The second-order valence-corrected chi connectivity index (χ2v) is 7.85. The third kappa shape index (κ3) is 3.13. The minimum atomic E-state index is -3.43. The number of sulfonamides is 1. The average molecular weight is 310 g/mol. The molecule has 2 aliphatic heterocycles. The smallest absolute Gasteiger partial charge is 0.242 e. The molecule has 21 heavy (non-hydrogen) atoms. The van der Waals surface area contributed by atoms with E-state index in [-0.39, 0.29) is 6.10 Å². The number of likely N-dealkylation sites (N-methyl/N-ethyl adjacent to an activating group) is 1. The lowest BCUT2D eigenvalue weighted by atomic mass is 10.1. The molecule has 6 heteroatoms. The Labute approximate surface area is 126 Å². The molecule has 5 nitrogen and oxygen atoms in total. The average Bonchev–Trinajstić information content (AvgIpc) is 2.95. The van der Waals surface area contributed by atoms with Gasteiger partial charge in [-0.2, -0.15) is 4.31 Å².